The summed E-state index contributed by atoms with van der Waals surface area (Å²) in [7, 11) is 1.55. The van der Waals surface area contributed by atoms with Crippen LogP contribution in [0.1, 0.15) is 22.7 Å². The van der Waals surface area contributed by atoms with E-state index in [1.54, 1.807) is 14.0 Å². The van der Waals surface area contributed by atoms with Crippen molar-refractivity contribution in [2.45, 2.75) is 19.0 Å². The van der Waals surface area contributed by atoms with E-state index in [9.17, 15) is 22.8 Å². The molecule has 1 aliphatic heterocycles. The largest absolute Gasteiger partial charge is 0.416 e. The van der Waals surface area contributed by atoms with Gasteiger partial charge in [0.25, 0.3) is 0 Å². The summed E-state index contributed by atoms with van der Waals surface area (Å²) in [6.45, 7) is 1.95. The van der Waals surface area contributed by atoms with Crippen molar-refractivity contribution >= 4 is 17.6 Å². The molecule has 2 amide bonds. The van der Waals surface area contributed by atoms with Crippen LogP contribution in [0.15, 0.2) is 36.7 Å². The number of alkyl halides is 3. The second-order valence-electron chi connectivity index (χ2n) is 6.46. The highest BCUT2D eigenvalue weighted by Crippen LogP contribution is 2.36. The summed E-state index contributed by atoms with van der Waals surface area (Å²) in [6, 6.07) is 4.54. The van der Waals surface area contributed by atoms with E-state index in [-0.39, 0.29) is 12.4 Å². The fraction of sp³-hybridized carbons (Fsp3) is 0.333. The molecule has 3 rings (SSSR count). The van der Waals surface area contributed by atoms with Crippen molar-refractivity contribution in [3.63, 3.8) is 0 Å². The second kappa shape index (κ2) is 6.98. The maximum absolute atomic E-state index is 12.8. The molecule has 1 aromatic carbocycles. The zero-order valence-corrected chi connectivity index (χ0v) is 14.6. The van der Waals surface area contributed by atoms with E-state index in [0.29, 0.717) is 11.3 Å². The second-order valence-corrected chi connectivity index (χ2v) is 6.46. The SMILES string of the molecule is Cc1cncc(NC(=O)[C@@H]2C(=O)N(C)C[C@H]2c2ccc(C(F)(F)F)cc2)n1. The van der Waals surface area contributed by atoms with Crippen LogP contribution in [0.2, 0.25) is 0 Å². The predicted molar refractivity (Wildman–Crippen MR) is 90.7 cm³/mol. The maximum Gasteiger partial charge on any atom is 0.416 e. The highest BCUT2D eigenvalue weighted by molar-refractivity contribution is 6.08. The molecule has 1 saturated heterocycles. The van der Waals surface area contributed by atoms with Gasteiger partial charge in [0.05, 0.1) is 17.5 Å². The molecule has 0 spiro atoms. The smallest absolute Gasteiger partial charge is 0.344 e. The van der Waals surface area contributed by atoms with E-state index in [0.717, 1.165) is 12.1 Å². The molecule has 2 heterocycles. The van der Waals surface area contributed by atoms with Gasteiger partial charge in [-0.2, -0.15) is 13.2 Å². The van der Waals surface area contributed by atoms with Gasteiger partial charge in [-0.1, -0.05) is 12.1 Å². The van der Waals surface area contributed by atoms with Gasteiger partial charge in [0.2, 0.25) is 11.8 Å². The Morgan fingerprint density at radius 1 is 1.22 bits per heavy atom. The van der Waals surface area contributed by atoms with Crippen LogP contribution in [0.25, 0.3) is 0 Å². The van der Waals surface area contributed by atoms with Crippen LogP contribution in [0, 0.1) is 12.8 Å². The first-order valence-electron chi connectivity index (χ1n) is 8.18. The van der Waals surface area contributed by atoms with Gasteiger partial charge in [0.1, 0.15) is 5.92 Å². The number of amides is 2. The number of likely N-dealkylation sites (tertiary alicyclic amines) is 1. The van der Waals surface area contributed by atoms with Crippen LogP contribution >= 0.6 is 0 Å². The molecule has 0 radical (unpaired) electrons. The number of hydrogen-bond donors (Lipinski definition) is 1. The summed E-state index contributed by atoms with van der Waals surface area (Å²) in [6.07, 6.45) is -1.56. The molecule has 142 valence electrons. The van der Waals surface area contributed by atoms with E-state index < -0.39 is 35.4 Å². The predicted octanol–water partition coefficient (Wildman–Crippen LogP) is 2.61. The minimum absolute atomic E-state index is 0.216. The third-order valence-electron chi connectivity index (χ3n) is 4.47. The average Bonchev–Trinajstić information content (AvgIpc) is 2.89. The number of carbonyl (C=O) groups is 2. The van der Waals surface area contributed by atoms with Gasteiger partial charge in [0.15, 0.2) is 5.82 Å². The van der Waals surface area contributed by atoms with Crippen molar-refractivity contribution in [3.05, 3.63) is 53.5 Å². The molecular formula is C18H17F3N4O2. The minimum atomic E-state index is -4.44. The topological polar surface area (TPSA) is 75.2 Å². The van der Waals surface area contributed by atoms with Gasteiger partial charge < -0.3 is 10.2 Å². The molecule has 0 unspecified atom stereocenters. The highest BCUT2D eigenvalue weighted by atomic mass is 19.4. The van der Waals surface area contributed by atoms with Gasteiger partial charge in [-0.05, 0) is 24.6 Å². The minimum Gasteiger partial charge on any atom is -0.344 e. The lowest BCUT2D eigenvalue weighted by Crippen LogP contribution is -2.33. The molecule has 1 fully saturated rings. The zero-order chi connectivity index (χ0) is 19.8. The van der Waals surface area contributed by atoms with Crippen LogP contribution in [-0.2, 0) is 15.8 Å². The summed E-state index contributed by atoms with van der Waals surface area (Å²) in [5, 5.41) is 2.57. The van der Waals surface area contributed by atoms with Crippen LogP contribution < -0.4 is 5.32 Å². The number of nitrogens with one attached hydrogen (secondary N) is 1. The first kappa shape index (κ1) is 18.8. The Labute approximate surface area is 153 Å². The van der Waals surface area contributed by atoms with Gasteiger partial charge in [-0.15, -0.1) is 0 Å². The van der Waals surface area contributed by atoms with E-state index in [1.165, 1.54) is 29.4 Å². The van der Waals surface area contributed by atoms with Crippen molar-refractivity contribution in [1.29, 1.82) is 0 Å². The quantitative estimate of drug-likeness (QED) is 0.834. The fourth-order valence-corrected chi connectivity index (χ4v) is 3.14. The number of anilines is 1. The number of aryl methyl sites for hydroxylation is 1. The highest BCUT2D eigenvalue weighted by Gasteiger charge is 2.44. The van der Waals surface area contributed by atoms with Gasteiger partial charge in [-0.25, -0.2) is 4.98 Å². The maximum atomic E-state index is 12.8. The van der Waals surface area contributed by atoms with Crippen molar-refractivity contribution < 1.29 is 22.8 Å². The average molecular weight is 378 g/mol. The normalized spacial score (nSPS) is 20.0. The number of nitrogens with zero attached hydrogens (tertiary/aromatic N) is 3. The van der Waals surface area contributed by atoms with Gasteiger partial charge in [-0.3, -0.25) is 14.6 Å². The molecule has 0 saturated carbocycles. The monoisotopic (exact) mass is 378 g/mol. The molecule has 2 atom stereocenters. The van der Waals surface area contributed by atoms with Gasteiger partial charge in [0, 0.05) is 25.7 Å². The molecule has 2 aromatic rings. The molecular weight excluding hydrogens is 361 g/mol. The van der Waals surface area contributed by atoms with E-state index in [1.807, 2.05) is 0 Å². The number of rotatable bonds is 3. The van der Waals surface area contributed by atoms with Crippen molar-refractivity contribution in [1.82, 2.24) is 14.9 Å². The number of halogens is 3. The Hall–Kier alpha value is -2.97. The lowest BCUT2D eigenvalue weighted by Gasteiger charge is -2.17. The summed E-state index contributed by atoms with van der Waals surface area (Å²) < 4.78 is 38.3. The molecule has 0 bridgehead atoms. The first-order chi connectivity index (χ1) is 12.7. The molecule has 9 heteroatoms. The first-order valence-corrected chi connectivity index (χ1v) is 8.18. The number of hydrogen-bond acceptors (Lipinski definition) is 4. The fourth-order valence-electron chi connectivity index (χ4n) is 3.14. The summed E-state index contributed by atoms with van der Waals surface area (Å²) >= 11 is 0. The molecule has 1 aromatic heterocycles. The van der Waals surface area contributed by atoms with Crippen LogP contribution in [0.4, 0.5) is 19.0 Å². The van der Waals surface area contributed by atoms with Crippen molar-refractivity contribution in [2.24, 2.45) is 5.92 Å². The van der Waals surface area contributed by atoms with Crippen LogP contribution in [0.5, 0.6) is 0 Å². The molecule has 6 nitrogen and oxygen atoms in total. The Kier molecular flexibility index (Phi) is 4.86. The molecule has 1 N–H and O–H groups in total. The number of carbonyl (C=O) groups excluding carboxylic acids is 2. The van der Waals surface area contributed by atoms with E-state index in [2.05, 4.69) is 15.3 Å². The zero-order valence-electron chi connectivity index (χ0n) is 14.6. The Morgan fingerprint density at radius 3 is 2.48 bits per heavy atom. The number of likely N-dealkylation sites (N-methyl/N-ethyl adjacent to an activating group) is 1. The van der Waals surface area contributed by atoms with Gasteiger partial charge >= 0.3 is 6.18 Å². The Morgan fingerprint density at radius 2 is 1.89 bits per heavy atom. The lowest BCUT2D eigenvalue weighted by atomic mass is 9.87. The number of benzene rings is 1. The Balaban J connectivity index is 1.85. The van der Waals surface area contributed by atoms with Crippen LogP contribution in [-0.4, -0.2) is 40.3 Å². The van der Waals surface area contributed by atoms with E-state index >= 15 is 0 Å². The van der Waals surface area contributed by atoms with E-state index in [4.69, 9.17) is 0 Å². The van der Waals surface area contributed by atoms with Crippen LogP contribution in [0.3, 0.4) is 0 Å². The third kappa shape index (κ3) is 3.91. The molecule has 27 heavy (non-hydrogen) atoms. The third-order valence-corrected chi connectivity index (χ3v) is 4.47. The van der Waals surface area contributed by atoms with Crippen molar-refractivity contribution in [2.75, 3.05) is 18.9 Å². The Bertz CT molecular complexity index is 868. The summed E-state index contributed by atoms with van der Waals surface area (Å²) in [4.78, 5) is 34.6. The number of aromatic nitrogens is 2. The summed E-state index contributed by atoms with van der Waals surface area (Å²) in [5.41, 5.74) is 0.318. The van der Waals surface area contributed by atoms with Crippen molar-refractivity contribution in [3.8, 4) is 0 Å². The standard InChI is InChI=1S/C18H17F3N4O2/c1-10-7-22-8-14(23-10)24-16(26)15-13(9-25(2)17(15)27)11-3-5-12(6-4-11)18(19,20)21/h3-8,13,15H,9H2,1-2H3,(H,23,24,26)/t13-,15+/m0/s1. The lowest BCUT2D eigenvalue weighted by molar-refractivity contribution is -0.138. The summed E-state index contributed by atoms with van der Waals surface area (Å²) in [5.74, 6) is -2.34. The molecule has 1 aliphatic rings. The molecule has 0 aliphatic carbocycles.